The molecule has 1 saturated heterocycles. The zero-order valence-electron chi connectivity index (χ0n) is 15.2. The monoisotopic (exact) mass is 362 g/mol. The van der Waals surface area contributed by atoms with Gasteiger partial charge >= 0.3 is 0 Å². The molecule has 1 amide bonds. The molecule has 1 aliphatic heterocycles. The Morgan fingerprint density at radius 1 is 1.11 bits per heavy atom. The summed E-state index contributed by atoms with van der Waals surface area (Å²) < 4.78 is 5.14. The molecule has 4 rings (SSSR count). The fourth-order valence-corrected chi connectivity index (χ4v) is 3.29. The molecule has 0 atom stereocenters. The summed E-state index contributed by atoms with van der Waals surface area (Å²) in [5, 5.41) is 8.46. The van der Waals surface area contributed by atoms with E-state index in [2.05, 4.69) is 21.6 Å². The number of nitrogens with zero attached hydrogens (tertiary/aromatic N) is 2. The lowest BCUT2D eigenvalue weighted by Crippen LogP contribution is -2.44. The van der Waals surface area contributed by atoms with Crippen LogP contribution in [0.25, 0.3) is 10.8 Å². The van der Waals surface area contributed by atoms with E-state index in [1.54, 1.807) is 31.4 Å². The van der Waals surface area contributed by atoms with E-state index in [9.17, 15) is 4.79 Å². The Bertz CT molecular complexity index is 950. The van der Waals surface area contributed by atoms with Crippen molar-refractivity contribution in [3.63, 3.8) is 0 Å². The second kappa shape index (κ2) is 7.63. The van der Waals surface area contributed by atoms with Crippen molar-refractivity contribution < 1.29 is 9.53 Å². The van der Waals surface area contributed by atoms with Gasteiger partial charge in [-0.15, -0.1) is 0 Å². The molecule has 2 heterocycles. The van der Waals surface area contributed by atoms with Gasteiger partial charge in [-0.3, -0.25) is 4.79 Å². The lowest BCUT2D eigenvalue weighted by Gasteiger charge is -2.29. The molecule has 138 valence electrons. The van der Waals surface area contributed by atoms with Gasteiger partial charge in [-0.25, -0.2) is 4.98 Å². The number of ether oxygens (including phenoxy) is 1. The molecule has 6 heteroatoms. The van der Waals surface area contributed by atoms with E-state index in [0.717, 1.165) is 48.5 Å². The molecule has 6 nitrogen and oxygen atoms in total. The Hall–Kier alpha value is -3.12. The average molecular weight is 362 g/mol. The minimum Gasteiger partial charge on any atom is -0.497 e. The van der Waals surface area contributed by atoms with E-state index in [4.69, 9.17) is 9.72 Å². The van der Waals surface area contributed by atoms with Crippen molar-refractivity contribution in [2.75, 3.05) is 43.5 Å². The zero-order valence-corrected chi connectivity index (χ0v) is 15.2. The van der Waals surface area contributed by atoms with Crippen molar-refractivity contribution in [3.8, 4) is 5.75 Å². The molecular formula is C21H22N4O2. The van der Waals surface area contributed by atoms with E-state index in [-0.39, 0.29) is 5.91 Å². The van der Waals surface area contributed by atoms with Crippen LogP contribution in [0.1, 0.15) is 10.4 Å². The van der Waals surface area contributed by atoms with Crippen LogP contribution in [0.15, 0.2) is 54.6 Å². The number of piperazine rings is 1. The Kier molecular flexibility index (Phi) is 4.89. The summed E-state index contributed by atoms with van der Waals surface area (Å²) in [6.45, 7) is 3.65. The highest BCUT2D eigenvalue weighted by atomic mass is 16.5. The van der Waals surface area contributed by atoms with Crippen molar-refractivity contribution >= 4 is 28.3 Å². The lowest BCUT2D eigenvalue weighted by atomic mass is 10.1. The number of anilines is 2. The fourth-order valence-electron chi connectivity index (χ4n) is 3.29. The highest BCUT2D eigenvalue weighted by Crippen LogP contribution is 2.28. The topological polar surface area (TPSA) is 66.5 Å². The van der Waals surface area contributed by atoms with Gasteiger partial charge < -0.3 is 20.3 Å². The minimum absolute atomic E-state index is 0.188. The fraction of sp³-hybridized carbons (Fsp3) is 0.238. The van der Waals surface area contributed by atoms with Gasteiger partial charge in [0.1, 0.15) is 17.4 Å². The molecule has 2 aromatic carbocycles. The van der Waals surface area contributed by atoms with Gasteiger partial charge in [0.25, 0.3) is 5.91 Å². The van der Waals surface area contributed by atoms with Crippen LogP contribution in [0.4, 0.5) is 11.6 Å². The minimum atomic E-state index is -0.188. The van der Waals surface area contributed by atoms with Crippen molar-refractivity contribution in [2.45, 2.75) is 0 Å². The quantitative estimate of drug-likeness (QED) is 0.747. The summed E-state index contributed by atoms with van der Waals surface area (Å²) in [5.74, 6) is 2.01. The summed E-state index contributed by atoms with van der Waals surface area (Å²) in [5.41, 5.74) is 0.564. The van der Waals surface area contributed by atoms with Crippen LogP contribution in [-0.2, 0) is 0 Å². The molecule has 1 aromatic heterocycles. The number of carbonyl (C=O) groups is 1. The molecule has 0 aliphatic carbocycles. The first-order valence-corrected chi connectivity index (χ1v) is 9.05. The first-order valence-electron chi connectivity index (χ1n) is 9.05. The number of fused-ring (bicyclic) bond motifs is 1. The number of hydrogen-bond acceptors (Lipinski definition) is 5. The molecule has 1 aliphatic rings. The Labute approximate surface area is 158 Å². The highest BCUT2D eigenvalue weighted by Gasteiger charge is 2.17. The Morgan fingerprint density at radius 2 is 1.85 bits per heavy atom. The molecule has 0 bridgehead atoms. The third-order valence-electron chi connectivity index (χ3n) is 4.73. The first-order chi connectivity index (χ1) is 13.2. The second-order valence-corrected chi connectivity index (χ2v) is 6.47. The Morgan fingerprint density at radius 3 is 2.59 bits per heavy atom. The summed E-state index contributed by atoms with van der Waals surface area (Å²) in [4.78, 5) is 19.7. The van der Waals surface area contributed by atoms with Crippen LogP contribution in [-0.4, -0.2) is 44.2 Å². The van der Waals surface area contributed by atoms with E-state index < -0.39 is 0 Å². The molecule has 1 fully saturated rings. The molecule has 2 N–H and O–H groups in total. The van der Waals surface area contributed by atoms with Gasteiger partial charge in [0.15, 0.2) is 0 Å². The third kappa shape index (κ3) is 3.71. The molecule has 0 unspecified atom stereocenters. The maximum Gasteiger partial charge on any atom is 0.256 e. The maximum atomic E-state index is 12.6. The molecule has 3 aromatic rings. The zero-order chi connectivity index (χ0) is 18.6. The standard InChI is InChI=1S/C21H22N4O2/c1-27-17-8-6-15(7-9-17)21(26)24-19-14-16-4-2-3-5-18(16)20(23-19)25-12-10-22-11-13-25/h2-9,14,22H,10-13H2,1H3,(H,23,24,26). The molecule has 0 saturated carbocycles. The maximum absolute atomic E-state index is 12.6. The lowest BCUT2D eigenvalue weighted by molar-refractivity contribution is 0.102. The normalized spacial score (nSPS) is 14.2. The number of nitrogens with one attached hydrogen (secondary N) is 2. The van der Waals surface area contributed by atoms with E-state index in [1.807, 2.05) is 24.3 Å². The van der Waals surface area contributed by atoms with E-state index in [1.165, 1.54) is 0 Å². The largest absolute Gasteiger partial charge is 0.497 e. The summed E-state index contributed by atoms with van der Waals surface area (Å²) in [6.07, 6.45) is 0. The summed E-state index contributed by atoms with van der Waals surface area (Å²) >= 11 is 0. The van der Waals surface area contributed by atoms with Crippen LogP contribution in [0.3, 0.4) is 0 Å². The third-order valence-corrected chi connectivity index (χ3v) is 4.73. The van der Waals surface area contributed by atoms with Crippen molar-refractivity contribution in [2.24, 2.45) is 0 Å². The predicted octanol–water partition coefficient (Wildman–Crippen LogP) is 2.91. The second-order valence-electron chi connectivity index (χ2n) is 6.47. The van der Waals surface area contributed by atoms with Crippen LogP contribution in [0.2, 0.25) is 0 Å². The van der Waals surface area contributed by atoms with Crippen LogP contribution < -0.4 is 20.3 Å². The molecule has 27 heavy (non-hydrogen) atoms. The van der Waals surface area contributed by atoms with Crippen molar-refractivity contribution in [1.29, 1.82) is 0 Å². The van der Waals surface area contributed by atoms with Gasteiger partial charge in [-0.05, 0) is 35.7 Å². The van der Waals surface area contributed by atoms with Gasteiger partial charge in [0.05, 0.1) is 7.11 Å². The van der Waals surface area contributed by atoms with Crippen LogP contribution >= 0.6 is 0 Å². The number of carbonyl (C=O) groups excluding carboxylic acids is 1. The highest BCUT2D eigenvalue weighted by molar-refractivity contribution is 6.05. The molecule has 0 spiro atoms. The van der Waals surface area contributed by atoms with Gasteiger partial charge in [0.2, 0.25) is 0 Å². The average Bonchev–Trinajstić information content (AvgIpc) is 2.74. The number of aromatic nitrogens is 1. The van der Waals surface area contributed by atoms with Crippen molar-refractivity contribution in [1.82, 2.24) is 10.3 Å². The number of amides is 1. The number of benzene rings is 2. The SMILES string of the molecule is COc1ccc(C(=O)Nc2cc3ccccc3c(N3CCNCC3)n2)cc1. The van der Waals surface area contributed by atoms with Gasteiger partial charge in [-0.2, -0.15) is 0 Å². The van der Waals surface area contributed by atoms with Crippen molar-refractivity contribution in [3.05, 3.63) is 60.2 Å². The molecule has 0 radical (unpaired) electrons. The smallest absolute Gasteiger partial charge is 0.256 e. The number of methoxy groups -OCH3 is 1. The van der Waals surface area contributed by atoms with Crippen LogP contribution in [0, 0.1) is 0 Å². The first kappa shape index (κ1) is 17.3. The summed E-state index contributed by atoms with van der Waals surface area (Å²) in [7, 11) is 1.60. The predicted molar refractivity (Wildman–Crippen MR) is 108 cm³/mol. The van der Waals surface area contributed by atoms with Gasteiger partial charge in [0, 0.05) is 37.1 Å². The molecular weight excluding hydrogens is 340 g/mol. The number of pyridine rings is 1. The number of hydrogen-bond donors (Lipinski definition) is 2. The van der Waals surface area contributed by atoms with E-state index in [0.29, 0.717) is 11.4 Å². The van der Waals surface area contributed by atoms with Gasteiger partial charge in [-0.1, -0.05) is 24.3 Å². The summed E-state index contributed by atoms with van der Waals surface area (Å²) in [6, 6.07) is 17.1. The number of rotatable bonds is 4. The van der Waals surface area contributed by atoms with Crippen LogP contribution in [0.5, 0.6) is 5.75 Å². The van der Waals surface area contributed by atoms with E-state index >= 15 is 0 Å². The Balaban J connectivity index is 1.65.